The Bertz CT molecular complexity index is 236. The summed E-state index contributed by atoms with van der Waals surface area (Å²) in [5.41, 5.74) is 1.73. The van der Waals surface area contributed by atoms with Gasteiger partial charge in [-0.05, 0) is 61.2 Å². The minimum Gasteiger partial charge on any atom is -0.0623 e. The molecule has 2 spiro atoms. The van der Waals surface area contributed by atoms with E-state index >= 15 is 0 Å². The normalized spacial score (nSPS) is 50.1. The molecule has 0 N–H and O–H groups in total. The molecule has 0 aromatic rings. The maximum atomic E-state index is 2.49. The molecule has 3 saturated carbocycles. The van der Waals surface area contributed by atoms with Crippen LogP contribution in [-0.4, -0.2) is 0 Å². The van der Waals surface area contributed by atoms with E-state index in [1.165, 1.54) is 19.3 Å². The zero-order chi connectivity index (χ0) is 9.81. The lowest BCUT2D eigenvalue weighted by atomic mass is 9.70. The average Bonchev–Trinajstić information content (AvgIpc) is 2.56. The first-order valence-electron chi connectivity index (χ1n) is 6.68. The van der Waals surface area contributed by atoms with Gasteiger partial charge in [-0.3, -0.25) is 0 Å². The first-order valence-corrected chi connectivity index (χ1v) is 6.68. The molecule has 3 fully saturated rings. The molecule has 0 heterocycles. The molecule has 0 aliphatic heterocycles. The molecule has 0 heteroatoms. The first-order chi connectivity index (χ1) is 6.68. The van der Waals surface area contributed by atoms with E-state index in [1.54, 1.807) is 32.1 Å². The van der Waals surface area contributed by atoms with Gasteiger partial charge in [-0.15, -0.1) is 0 Å². The quantitative estimate of drug-likeness (QED) is 0.534. The van der Waals surface area contributed by atoms with Gasteiger partial charge in [0.25, 0.3) is 0 Å². The van der Waals surface area contributed by atoms with Crippen molar-refractivity contribution in [3.05, 3.63) is 0 Å². The molecule has 0 bridgehead atoms. The Morgan fingerprint density at radius 2 is 1.57 bits per heavy atom. The van der Waals surface area contributed by atoms with Gasteiger partial charge in [0.05, 0.1) is 0 Å². The Labute approximate surface area is 88.5 Å². The molecule has 3 atom stereocenters. The second kappa shape index (κ2) is 2.77. The van der Waals surface area contributed by atoms with Crippen molar-refractivity contribution >= 4 is 0 Å². The van der Waals surface area contributed by atoms with Gasteiger partial charge in [0, 0.05) is 0 Å². The van der Waals surface area contributed by atoms with Crippen LogP contribution in [0, 0.1) is 22.7 Å². The SMILES string of the molecule is CC1CCC2(CC1C)CC21CCCC1. The highest BCUT2D eigenvalue weighted by molar-refractivity contribution is 5.17. The van der Waals surface area contributed by atoms with Gasteiger partial charge in [0.2, 0.25) is 0 Å². The molecule has 80 valence electrons. The van der Waals surface area contributed by atoms with Gasteiger partial charge in [0.15, 0.2) is 0 Å². The molecule has 0 amide bonds. The topological polar surface area (TPSA) is 0 Å². The minimum absolute atomic E-state index is 0.857. The highest BCUT2D eigenvalue weighted by atomic mass is 14.7. The largest absolute Gasteiger partial charge is 0.0623 e. The molecular weight excluding hydrogens is 168 g/mol. The Morgan fingerprint density at radius 3 is 2.21 bits per heavy atom. The van der Waals surface area contributed by atoms with Crippen molar-refractivity contribution in [2.75, 3.05) is 0 Å². The molecule has 0 aromatic heterocycles. The minimum atomic E-state index is 0.857. The van der Waals surface area contributed by atoms with Crippen LogP contribution in [0.15, 0.2) is 0 Å². The molecule has 0 radical (unpaired) electrons. The zero-order valence-electron chi connectivity index (χ0n) is 9.81. The van der Waals surface area contributed by atoms with Crippen LogP contribution in [-0.2, 0) is 0 Å². The lowest BCUT2D eigenvalue weighted by Gasteiger charge is -2.35. The van der Waals surface area contributed by atoms with Gasteiger partial charge in [-0.2, -0.15) is 0 Å². The summed E-state index contributed by atoms with van der Waals surface area (Å²) in [4.78, 5) is 0. The van der Waals surface area contributed by atoms with Crippen LogP contribution in [0.2, 0.25) is 0 Å². The molecule has 0 aromatic carbocycles. The molecule has 14 heavy (non-hydrogen) atoms. The predicted octanol–water partition coefficient (Wildman–Crippen LogP) is 4.39. The molecule has 3 aliphatic carbocycles. The van der Waals surface area contributed by atoms with Crippen LogP contribution in [0.1, 0.15) is 65.2 Å². The van der Waals surface area contributed by atoms with Crippen LogP contribution in [0.3, 0.4) is 0 Å². The maximum Gasteiger partial charge on any atom is -0.0233 e. The second-order valence-corrected chi connectivity index (χ2v) is 6.64. The Kier molecular flexibility index (Phi) is 1.83. The molecule has 3 aliphatic rings. The number of rotatable bonds is 0. The molecule has 3 rings (SSSR count). The molecule has 0 saturated heterocycles. The van der Waals surface area contributed by atoms with Crippen molar-refractivity contribution in [2.24, 2.45) is 22.7 Å². The van der Waals surface area contributed by atoms with Crippen molar-refractivity contribution in [1.29, 1.82) is 0 Å². The zero-order valence-corrected chi connectivity index (χ0v) is 9.81. The smallest absolute Gasteiger partial charge is 0.0233 e. The van der Waals surface area contributed by atoms with Crippen LogP contribution >= 0.6 is 0 Å². The summed E-state index contributed by atoms with van der Waals surface area (Å²) in [6.45, 7) is 4.95. The van der Waals surface area contributed by atoms with E-state index in [4.69, 9.17) is 0 Å². The van der Waals surface area contributed by atoms with Gasteiger partial charge in [-0.1, -0.05) is 26.7 Å². The number of hydrogen-bond donors (Lipinski definition) is 0. The van der Waals surface area contributed by atoms with E-state index in [9.17, 15) is 0 Å². The Balaban J connectivity index is 1.75. The van der Waals surface area contributed by atoms with E-state index < -0.39 is 0 Å². The van der Waals surface area contributed by atoms with E-state index in [0.717, 1.165) is 22.7 Å². The maximum absolute atomic E-state index is 2.49. The van der Waals surface area contributed by atoms with Gasteiger partial charge >= 0.3 is 0 Å². The fourth-order valence-corrected chi connectivity index (χ4v) is 4.71. The second-order valence-electron chi connectivity index (χ2n) is 6.64. The van der Waals surface area contributed by atoms with Gasteiger partial charge in [0.1, 0.15) is 0 Å². The summed E-state index contributed by atoms with van der Waals surface area (Å²) in [6, 6.07) is 0. The summed E-state index contributed by atoms with van der Waals surface area (Å²) in [5.74, 6) is 2.00. The Morgan fingerprint density at radius 1 is 0.857 bits per heavy atom. The third-order valence-corrected chi connectivity index (χ3v) is 6.00. The van der Waals surface area contributed by atoms with Gasteiger partial charge < -0.3 is 0 Å². The summed E-state index contributed by atoms with van der Waals surface area (Å²) >= 11 is 0. The van der Waals surface area contributed by atoms with Crippen LogP contribution in [0.4, 0.5) is 0 Å². The fourth-order valence-electron chi connectivity index (χ4n) is 4.71. The van der Waals surface area contributed by atoms with Crippen LogP contribution in [0.25, 0.3) is 0 Å². The predicted molar refractivity (Wildman–Crippen MR) is 60.1 cm³/mol. The standard InChI is InChI=1S/C14H24/c1-11-5-8-14(9-12(11)2)10-13(14)6-3-4-7-13/h11-12H,3-10H2,1-2H3. The van der Waals surface area contributed by atoms with Crippen molar-refractivity contribution in [3.63, 3.8) is 0 Å². The van der Waals surface area contributed by atoms with E-state index in [1.807, 2.05) is 0 Å². The monoisotopic (exact) mass is 192 g/mol. The summed E-state index contributed by atoms with van der Waals surface area (Å²) < 4.78 is 0. The molecule has 0 nitrogen and oxygen atoms in total. The number of hydrogen-bond acceptors (Lipinski definition) is 0. The third-order valence-electron chi connectivity index (χ3n) is 6.00. The summed E-state index contributed by atoms with van der Waals surface area (Å²) in [7, 11) is 0. The third kappa shape index (κ3) is 1.06. The molecular formula is C14H24. The fraction of sp³-hybridized carbons (Fsp3) is 1.00. The van der Waals surface area contributed by atoms with E-state index in [2.05, 4.69) is 13.8 Å². The lowest BCUT2D eigenvalue weighted by molar-refractivity contribution is 0.151. The summed E-state index contributed by atoms with van der Waals surface area (Å²) in [6.07, 6.45) is 12.5. The van der Waals surface area contributed by atoms with E-state index in [-0.39, 0.29) is 0 Å². The van der Waals surface area contributed by atoms with Crippen molar-refractivity contribution in [3.8, 4) is 0 Å². The lowest BCUT2D eigenvalue weighted by Crippen LogP contribution is -2.25. The van der Waals surface area contributed by atoms with Crippen molar-refractivity contribution in [2.45, 2.75) is 65.2 Å². The molecule has 3 unspecified atom stereocenters. The van der Waals surface area contributed by atoms with E-state index in [0.29, 0.717) is 0 Å². The van der Waals surface area contributed by atoms with Crippen molar-refractivity contribution < 1.29 is 0 Å². The number of fused-ring (bicyclic) bond motifs is 1. The van der Waals surface area contributed by atoms with Crippen LogP contribution < -0.4 is 0 Å². The average molecular weight is 192 g/mol. The van der Waals surface area contributed by atoms with Gasteiger partial charge in [-0.25, -0.2) is 0 Å². The summed E-state index contributed by atoms with van der Waals surface area (Å²) in [5, 5.41) is 0. The van der Waals surface area contributed by atoms with Crippen molar-refractivity contribution in [1.82, 2.24) is 0 Å². The highest BCUT2D eigenvalue weighted by Gasteiger charge is 2.67. The Hall–Kier alpha value is 0. The van der Waals surface area contributed by atoms with Crippen LogP contribution in [0.5, 0.6) is 0 Å². The highest BCUT2D eigenvalue weighted by Crippen LogP contribution is 2.77. The first kappa shape index (κ1) is 9.24.